The first-order valence-electron chi connectivity index (χ1n) is 6.20. The number of H-pyrrole nitrogens is 1. The molecule has 0 aliphatic heterocycles. The number of para-hydroxylation sites is 2. The van der Waals surface area contributed by atoms with Crippen molar-refractivity contribution in [1.29, 1.82) is 0 Å². The van der Waals surface area contributed by atoms with Crippen LogP contribution in [0.2, 0.25) is 5.02 Å². The van der Waals surface area contributed by atoms with Crippen LogP contribution in [0.5, 0.6) is 0 Å². The molecule has 0 bridgehead atoms. The van der Waals surface area contributed by atoms with Crippen molar-refractivity contribution in [2.24, 2.45) is 0 Å². The van der Waals surface area contributed by atoms with E-state index in [9.17, 15) is 0 Å². The fraction of sp³-hybridized carbons (Fsp3) is 0.133. The molecule has 3 aromatic rings. The number of fused-ring (bicyclic) bond motifs is 1. The van der Waals surface area contributed by atoms with Crippen LogP contribution < -0.4 is 5.32 Å². The Bertz CT molecular complexity index is 657. The predicted molar refractivity (Wildman–Crippen MR) is 78.1 cm³/mol. The van der Waals surface area contributed by atoms with Gasteiger partial charge >= 0.3 is 0 Å². The van der Waals surface area contributed by atoms with Crippen LogP contribution in [0.25, 0.3) is 11.0 Å². The van der Waals surface area contributed by atoms with E-state index >= 15 is 0 Å². The number of nitrogens with one attached hydrogen (secondary N) is 2. The molecule has 0 aliphatic carbocycles. The minimum Gasteiger partial charge on any atom is -0.341 e. The summed E-state index contributed by atoms with van der Waals surface area (Å²) in [6.45, 7) is 1.48. The minimum absolute atomic E-state index is 0.710. The van der Waals surface area contributed by atoms with Crippen molar-refractivity contribution in [1.82, 2.24) is 15.3 Å². The molecule has 96 valence electrons. The molecule has 4 heteroatoms. The highest BCUT2D eigenvalue weighted by Gasteiger charge is 2.01. The van der Waals surface area contributed by atoms with Gasteiger partial charge in [-0.15, -0.1) is 0 Å². The van der Waals surface area contributed by atoms with E-state index in [-0.39, 0.29) is 0 Å². The molecule has 0 unspecified atom stereocenters. The quantitative estimate of drug-likeness (QED) is 0.762. The molecule has 0 saturated carbocycles. The monoisotopic (exact) mass is 271 g/mol. The second kappa shape index (κ2) is 5.43. The third-order valence-electron chi connectivity index (χ3n) is 2.95. The zero-order valence-electron chi connectivity index (χ0n) is 10.4. The number of halogens is 1. The summed E-state index contributed by atoms with van der Waals surface area (Å²) in [4.78, 5) is 7.81. The van der Waals surface area contributed by atoms with Crippen LogP contribution in [0.1, 0.15) is 11.4 Å². The zero-order chi connectivity index (χ0) is 13.1. The van der Waals surface area contributed by atoms with Gasteiger partial charge in [0.25, 0.3) is 0 Å². The van der Waals surface area contributed by atoms with Gasteiger partial charge in [0.05, 0.1) is 17.6 Å². The van der Waals surface area contributed by atoms with Gasteiger partial charge in [-0.2, -0.15) is 0 Å². The molecule has 0 fully saturated rings. The van der Waals surface area contributed by atoms with Crippen molar-refractivity contribution >= 4 is 22.6 Å². The van der Waals surface area contributed by atoms with Gasteiger partial charge in [0.2, 0.25) is 0 Å². The molecule has 3 rings (SSSR count). The van der Waals surface area contributed by atoms with Gasteiger partial charge in [-0.3, -0.25) is 0 Å². The molecule has 2 aromatic carbocycles. The summed E-state index contributed by atoms with van der Waals surface area (Å²) in [5.74, 6) is 0.947. The highest BCUT2D eigenvalue weighted by atomic mass is 35.5. The molecule has 0 saturated heterocycles. The van der Waals surface area contributed by atoms with E-state index in [0.29, 0.717) is 6.54 Å². The lowest BCUT2D eigenvalue weighted by atomic mass is 10.2. The summed E-state index contributed by atoms with van der Waals surface area (Å²) in [5, 5.41) is 4.12. The smallest absolute Gasteiger partial charge is 0.121 e. The average Bonchev–Trinajstić information content (AvgIpc) is 2.81. The summed E-state index contributed by atoms with van der Waals surface area (Å²) >= 11 is 5.95. The Labute approximate surface area is 116 Å². The second-order valence-corrected chi connectivity index (χ2v) is 4.87. The second-order valence-electron chi connectivity index (χ2n) is 4.43. The molecule has 0 radical (unpaired) electrons. The zero-order valence-corrected chi connectivity index (χ0v) is 11.1. The van der Waals surface area contributed by atoms with Crippen LogP contribution in [0, 0.1) is 0 Å². The average molecular weight is 272 g/mol. The Morgan fingerprint density at radius 2 is 1.95 bits per heavy atom. The van der Waals surface area contributed by atoms with Crippen LogP contribution in [0.3, 0.4) is 0 Å². The van der Waals surface area contributed by atoms with E-state index in [4.69, 9.17) is 11.6 Å². The Balaban J connectivity index is 1.63. The van der Waals surface area contributed by atoms with Crippen LogP contribution in [-0.2, 0) is 13.1 Å². The topological polar surface area (TPSA) is 40.7 Å². The van der Waals surface area contributed by atoms with Gasteiger partial charge in [-0.25, -0.2) is 4.98 Å². The minimum atomic E-state index is 0.710. The number of imidazole rings is 1. The van der Waals surface area contributed by atoms with Crippen molar-refractivity contribution < 1.29 is 0 Å². The van der Waals surface area contributed by atoms with E-state index in [2.05, 4.69) is 21.4 Å². The van der Waals surface area contributed by atoms with Gasteiger partial charge in [-0.1, -0.05) is 35.9 Å². The van der Waals surface area contributed by atoms with Gasteiger partial charge in [0, 0.05) is 11.6 Å². The number of hydrogen-bond donors (Lipinski definition) is 2. The van der Waals surface area contributed by atoms with E-state index in [0.717, 1.165) is 28.4 Å². The van der Waals surface area contributed by atoms with E-state index < -0.39 is 0 Å². The summed E-state index contributed by atoms with van der Waals surface area (Å²) < 4.78 is 0. The number of aromatic amines is 1. The van der Waals surface area contributed by atoms with Crippen LogP contribution in [-0.4, -0.2) is 9.97 Å². The summed E-state index contributed by atoms with van der Waals surface area (Å²) in [6, 6.07) is 15.9. The maximum atomic E-state index is 5.95. The van der Waals surface area contributed by atoms with Gasteiger partial charge in [0.1, 0.15) is 5.82 Å². The third kappa shape index (κ3) is 2.95. The van der Waals surface area contributed by atoms with Gasteiger partial charge < -0.3 is 10.3 Å². The summed E-state index contributed by atoms with van der Waals surface area (Å²) in [7, 11) is 0. The largest absolute Gasteiger partial charge is 0.341 e. The number of nitrogens with zero attached hydrogens (tertiary/aromatic N) is 1. The third-order valence-corrected chi connectivity index (χ3v) is 3.18. The molecular formula is C15H14ClN3. The molecule has 0 amide bonds. The summed E-state index contributed by atoms with van der Waals surface area (Å²) in [6.07, 6.45) is 0. The lowest BCUT2D eigenvalue weighted by Crippen LogP contribution is -2.13. The molecule has 19 heavy (non-hydrogen) atoms. The van der Waals surface area contributed by atoms with Crippen molar-refractivity contribution in [3.63, 3.8) is 0 Å². The van der Waals surface area contributed by atoms with E-state index in [1.54, 1.807) is 0 Å². The van der Waals surface area contributed by atoms with Gasteiger partial charge in [-0.05, 0) is 29.8 Å². The van der Waals surface area contributed by atoms with Crippen LogP contribution in [0.4, 0.5) is 0 Å². The molecule has 1 heterocycles. The number of benzene rings is 2. The van der Waals surface area contributed by atoms with E-state index in [1.165, 1.54) is 5.56 Å². The molecule has 0 atom stereocenters. The SMILES string of the molecule is Clc1cccc(CNCc2nc3ccccc3[nH]2)c1. The molecule has 1 aromatic heterocycles. The molecule has 2 N–H and O–H groups in total. The Kier molecular flexibility index (Phi) is 3.49. The highest BCUT2D eigenvalue weighted by molar-refractivity contribution is 6.30. The Morgan fingerprint density at radius 1 is 1.05 bits per heavy atom. The lowest BCUT2D eigenvalue weighted by Gasteiger charge is -2.03. The fourth-order valence-electron chi connectivity index (χ4n) is 2.06. The van der Waals surface area contributed by atoms with Crippen molar-refractivity contribution in [2.45, 2.75) is 13.1 Å². The predicted octanol–water partition coefficient (Wildman–Crippen LogP) is 3.51. The summed E-state index contributed by atoms with van der Waals surface area (Å²) in [5.41, 5.74) is 3.24. The van der Waals surface area contributed by atoms with Crippen molar-refractivity contribution in [3.05, 3.63) is 64.9 Å². The Hall–Kier alpha value is -1.84. The van der Waals surface area contributed by atoms with Crippen molar-refractivity contribution in [3.8, 4) is 0 Å². The fourth-order valence-corrected chi connectivity index (χ4v) is 2.27. The van der Waals surface area contributed by atoms with Gasteiger partial charge in [0.15, 0.2) is 0 Å². The molecule has 0 spiro atoms. The number of rotatable bonds is 4. The standard InChI is InChI=1S/C15H14ClN3/c16-12-5-3-4-11(8-12)9-17-10-15-18-13-6-1-2-7-14(13)19-15/h1-8,17H,9-10H2,(H,18,19). The van der Waals surface area contributed by atoms with Crippen LogP contribution >= 0.6 is 11.6 Å². The first kappa shape index (κ1) is 12.2. The van der Waals surface area contributed by atoms with E-state index in [1.807, 2.05) is 42.5 Å². The van der Waals surface area contributed by atoms with Crippen LogP contribution in [0.15, 0.2) is 48.5 Å². The number of hydrogen-bond acceptors (Lipinski definition) is 2. The highest BCUT2D eigenvalue weighted by Crippen LogP contribution is 2.12. The Morgan fingerprint density at radius 3 is 2.79 bits per heavy atom. The lowest BCUT2D eigenvalue weighted by molar-refractivity contribution is 0.670. The molecule has 3 nitrogen and oxygen atoms in total. The first-order chi connectivity index (χ1) is 9.31. The normalized spacial score (nSPS) is 11.0. The molecule has 0 aliphatic rings. The maximum absolute atomic E-state index is 5.95. The maximum Gasteiger partial charge on any atom is 0.121 e. The number of aromatic nitrogens is 2. The first-order valence-corrected chi connectivity index (χ1v) is 6.58. The molecular weight excluding hydrogens is 258 g/mol. The van der Waals surface area contributed by atoms with Crippen molar-refractivity contribution in [2.75, 3.05) is 0 Å².